The van der Waals surface area contributed by atoms with Gasteiger partial charge in [-0.3, -0.25) is 4.79 Å². The van der Waals surface area contributed by atoms with E-state index in [-0.39, 0.29) is 18.4 Å². The van der Waals surface area contributed by atoms with Crippen LogP contribution in [0.15, 0.2) is 18.2 Å². The van der Waals surface area contributed by atoms with E-state index in [2.05, 4.69) is 5.32 Å². The maximum absolute atomic E-state index is 11.5. The van der Waals surface area contributed by atoms with E-state index in [1.807, 2.05) is 13.8 Å². The standard InChI is InChI=1S/C14H17NO4/c1-9(2)7-15-13(17)4-3-10-5-11(16)14-12(6-10)18-8-19-14/h3-6,9,16H,7-8H2,1-2H3,(H,15,17). The Morgan fingerprint density at radius 3 is 3.00 bits per heavy atom. The van der Waals surface area contributed by atoms with Crippen molar-refractivity contribution in [2.45, 2.75) is 13.8 Å². The molecule has 1 aliphatic heterocycles. The van der Waals surface area contributed by atoms with Crippen LogP contribution in [0, 0.1) is 5.92 Å². The first-order chi connectivity index (χ1) is 9.06. The van der Waals surface area contributed by atoms with Crippen LogP contribution < -0.4 is 14.8 Å². The fourth-order valence-corrected chi connectivity index (χ4v) is 1.64. The zero-order chi connectivity index (χ0) is 13.8. The number of carbonyl (C=O) groups excluding carboxylic acids is 1. The van der Waals surface area contributed by atoms with Crippen molar-refractivity contribution < 1.29 is 19.4 Å². The highest BCUT2D eigenvalue weighted by molar-refractivity contribution is 5.91. The van der Waals surface area contributed by atoms with E-state index >= 15 is 0 Å². The van der Waals surface area contributed by atoms with Crippen molar-refractivity contribution in [2.75, 3.05) is 13.3 Å². The van der Waals surface area contributed by atoms with Gasteiger partial charge in [-0.05, 0) is 29.7 Å². The Balaban J connectivity index is 2.03. The van der Waals surface area contributed by atoms with Crippen LogP contribution in [0.25, 0.3) is 6.08 Å². The van der Waals surface area contributed by atoms with E-state index in [4.69, 9.17) is 9.47 Å². The zero-order valence-electron chi connectivity index (χ0n) is 11.0. The van der Waals surface area contributed by atoms with Crippen LogP contribution in [0.4, 0.5) is 0 Å². The molecule has 0 bridgehead atoms. The Bertz CT molecular complexity index is 508. The van der Waals surface area contributed by atoms with Crippen molar-refractivity contribution in [3.8, 4) is 17.2 Å². The minimum atomic E-state index is -0.161. The molecule has 1 heterocycles. The maximum atomic E-state index is 11.5. The van der Waals surface area contributed by atoms with Gasteiger partial charge in [0.15, 0.2) is 11.5 Å². The van der Waals surface area contributed by atoms with Gasteiger partial charge in [0.05, 0.1) is 0 Å². The van der Waals surface area contributed by atoms with Crippen LogP contribution in [0.2, 0.25) is 0 Å². The van der Waals surface area contributed by atoms with E-state index < -0.39 is 0 Å². The van der Waals surface area contributed by atoms with Gasteiger partial charge in [-0.2, -0.15) is 0 Å². The zero-order valence-corrected chi connectivity index (χ0v) is 11.0. The van der Waals surface area contributed by atoms with Crippen molar-refractivity contribution >= 4 is 12.0 Å². The number of amides is 1. The van der Waals surface area contributed by atoms with Crippen molar-refractivity contribution in [3.63, 3.8) is 0 Å². The smallest absolute Gasteiger partial charge is 0.244 e. The number of nitrogens with one attached hydrogen (secondary N) is 1. The van der Waals surface area contributed by atoms with Crippen molar-refractivity contribution in [3.05, 3.63) is 23.8 Å². The van der Waals surface area contributed by atoms with E-state index in [9.17, 15) is 9.90 Å². The van der Waals surface area contributed by atoms with Gasteiger partial charge in [0.2, 0.25) is 18.4 Å². The molecule has 0 atom stereocenters. The highest BCUT2D eigenvalue weighted by Crippen LogP contribution is 2.41. The molecule has 5 heteroatoms. The quantitative estimate of drug-likeness (QED) is 0.814. The summed E-state index contributed by atoms with van der Waals surface area (Å²) in [6.45, 7) is 4.79. The Hall–Kier alpha value is -2.17. The largest absolute Gasteiger partial charge is 0.504 e. The van der Waals surface area contributed by atoms with E-state index in [0.29, 0.717) is 29.5 Å². The topological polar surface area (TPSA) is 67.8 Å². The summed E-state index contributed by atoms with van der Waals surface area (Å²) in [6, 6.07) is 3.24. The highest BCUT2D eigenvalue weighted by Gasteiger charge is 2.18. The second-order valence-corrected chi connectivity index (χ2v) is 4.75. The first kappa shape index (κ1) is 13.3. The Morgan fingerprint density at radius 1 is 1.47 bits per heavy atom. The third kappa shape index (κ3) is 3.40. The van der Waals surface area contributed by atoms with E-state index in [1.165, 1.54) is 12.1 Å². The molecule has 1 aromatic rings. The van der Waals surface area contributed by atoms with Crippen molar-refractivity contribution in [2.24, 2.45) is 5.92 Å². The van der Waals surface area contributed by atoms with Crippen LogP contribution in [0.1, 0.15) is 19.4 Å². The van der Waals surface area contributed by atoms with Gasteiger partial charge in [-0.15, -0.1) is 0 Å². The number of hydrogen-bond acceptors (Lipinski definition) is 4. The van der Waals surface area contributed by atoms with Crippen LogP contribution in [0.5, 0.6) is 17.2 Å². The van der Waals surface area contributed by atoms with Crippen molar-refractivity contribution in [1.82, 2.24) is 5.32 Å². The summed E-state index contributed by atoms with van der Waals surface area (Å²) in [5.41, 5.74) is 0.682. The average Bonchev–Trinajstić information content (AvgIpc) is 2.82. The van der Waals surface area contributed by atoms with Gasteiger partial charge in [0.25, 0.3) is 0 Å². The summed E-state index contributed by atoms with van der Waals surface area (Å²) in [6.07, 6.45) is 3.05. The molecule has 19 heavy (non-hydrogen) atoms. The number of ether oxygens (including phenoxy) is 2. The van der Waals surface area contributed by atoms with Gasteiger partial charge in [-0.1, -0.05) is 13.8 Å². The number of benzene rings is 1. The average molecular weight is 263 g/mol. The number of aromatic hydroxyl groups is 1. The molecule has 0 fully saturated rings. The Labute approximate surface area is 111 Å². The van der Waals surface area contributed by atoms with E-state index in [0.717, 1.165) is 0 Å². The molecule has 0 unspecified atom stereocenters. The fraction of sp³-hybridized carbons (Fsp3) is 0.357. The number of phenolic OH excluding ortho intramolecular Hbond substituents is 1. The molecule has 0 spiro atoms. The molecule has 1 aliphatic rings. The van der Waals surface area contributed by atoms with Gasteiger partial charge >= 0.3 is 0 Å². The minimum absolute atomic E-state index is 0.0113. The third-order valence-electron chi connectivity index (χ3n) is 2.59. The summed E-state index contributed by atoms with van der Waals surface area (Å²) < 4.78 is 10.3. The van der Waals surface area contributed by atoms with Crippen LogP contribution >= 0.6 is 0 Å². The number of hydrogen-bond donors (Lipinski definition) is 2. The lowest BCUT2D eigenvalue weighted by molar-refractivity contribution is -0.116. The number of fused-ring (bicyclic) bond motifs is 1. The molecule has 1 amide bonds. The summed E-state index contributed by atoms with van der Waals surface area (Å²) >= 11 is 0. The predicted octanol–water partition coefficient (Wildman–Crippen LogP) is 1.91. The molecule has 102 valence electrons. The maximum Gasteiger partial charge on any atom is 0.244 e. The van der Waals surface area contributed by atoms with Crippen LogP contribution in [-0.4, -0.2) is 24.4 Å². The number of rotatable bonds is 4. The first-order valence-corrected chi connectivity index (χ1v) is 6.15. The normalized spacial score (nSPS) is 13.2. The lowest BCUT2D eigenvalue weighted by Crippen LogP contribution is -2.25. The molecule has 0 saturated heterocycles. The molecule has 1 aromatic carbocycles. The summed E-state index contributed by atoms with van der Waals surface area (Å²) in [5.74, 6) is 1.10. The fourth-order valence-electron chi connectivity index (χ4n) is 1.64. The summed E-state index contributed by atoms with van der Waals surface area (Å²) in [7, 11) is 0. The van der Waals surface area contributed by atoms with Gasteiger partial charge < -0.3 is 19.9 Å². The molecule has 0 aromatic heterocycles. The number of phenols is 1. The van der Waals surface area contributed by atoms with Crippen molar-refractivity contribution in [1.29, 1.82) is 0 Å². The van der Waals surface area contributed by atoms with Gasteiger partial charge in [0, 0.05) is 12.6 Å². The lowest BCUT2D eigenvalue weighted by atomic mass is 10.1. The molecular weight excluding hydrogens is 246 g/mol. The summed E-state index contributed by atoms with van der Waals surface area (Å²) in [5, 5.41) is 12.5. The van der Waals surface area contributed by atoms with Crippen LogP contribution in [0.3, 0.4) is 0 Å². The van der Waals surface area contributed by atoms with Gasteiger partial charge in [-0.25, -0.2) is 0 Å². The second kappa shape index (κ2) is 5.65. The molecule has 0 saturated carbocycles. The highest BCUT2D eigenvalue weighted by atomic mass is 16.7. The van der Waals surface area contributed by atoms with Gasteiger partial charge in [0.1, 0.15) is 0 Å². The lowest BCUT2D eigenvalue weighted by Gasteiger charge is -2.04. The molecule has 5 nitrogen and oxygen atoms in total. The minimum Gasteiger partial charge on any atom is -0.504 e. The molecular formula is C14H17NO4. The second-order valence-electron chi connectivity index (χ2n) is 4.75. The van der Waals surface area contributed by atoms with Crippen LogP contribution in [-0.2, 0) is 4.79 Å². The molecule has 0 aliphatic carbocycles. The number of carbonyl (C=O) groups is 1. The summed E-state index contributed by atoms with van der Waals surface area (Å²) in [4.78, 5) is 11.5. The Kier molecular flexibility index (Phi) is 3.94. The SMILES string of the molecule is CC(C)CNC(=O)C=Cc1cc(O)c2c(c1)OCO2. The van der Waals surface area contributed by atoms with E-state index in [1.54, 1.807) is 12.1 Å². The Morgan fingerprint density at radius 2 is 2.26 bits per heavy atom. The monoisotopic (exact) mass is 263 g/mol. The predicted molar refractivity (Wildman–Crippen MR) is 71.1 cm³/mol. The molecule has 2 rings (SSSR count). The molecule has 2 N–H and O–H groups in total. The first-order valence-electron chi connectivity index (χ1n) is 6.15. The third-order valence-corrected chi connectivity index (χ3v) is 2.59. The molecule has 0 radical (unpaired) electrons.